The van der Waals surface area contributed by atoms with Crippen LogP contribution in [-0.2, 0) is 4.79 Å². The third kappa shape index (κ3) is 4.94. The van der Waals surface area contributed by atoms with Gasteiger partial charge in [0.15, 0.2) is 0 Å². The first-order chi connectivity index (χ1) is 12.6. The van der Waals surface area contributed by atoms with Crippen molar-refractivity contribution in [3.05, 3.63) is 46.6 Å². The fourth-order valence-corrected chi connectivity index (χ4v) is 2.92. The molecule has 3 N–H and O–H groups in total. The van der Waals surface area contributed by atoms with Gasteiger partial charge in [-0.1, -0.05) is 23.4 Å². The number of nitrogens with one attached hydrogen (secondary N) is 2. The number of anilines is 2. The molecule has 134 valence electrons. The summed E-state index contributed by atoms with van der Waals surface area (Å²) in [4.78, 5) is 19.1. The molecule has 1 heterocycles. The predicted octanol–water partition coefficient (Wildman–Crippen LogP) is 2.81. The summed E-state index contributed by atoms with van der Waals surface area (Å²) < 4.78 is 0. The fourth-order valence-electron chi connectivity index (χ4n) is 2.79. The second-order valence-corrected chi connectivity index (χ2v) is 6.56. The summed E-state index contributed by atoms with van der Waals surface area (Å²) in [5.41, 5.74) is 1.47. The number of hydrogen-bond acceptors (Lipinski definition) is 5. The first kappa shape index (κ1) is 18.2. The van der Waals surface area contributed by atoms with Gasteiger partial charge in [0.25, 0.3) is 0 Å². The van der Waals surface area contributed by atoms with Gasteiger partial charge in [-0.3, -0.25) is 10.1 Å². The molecule has 1 fully saturated rings. The van der Waals surface area contributed by atoms with Crippen molar-refractivity contribution in [3.8, 4) is 11.8 Å². The summed E-state index contributed by atoms with van der Waals surface area (Å²) in [6.45, 7) is 0. The Morgan fingerprint density at radius 2 is 1.88 bits per heavy atom. The van der Waals surface area contributed by atoms with Crippen molar-refractivity contribution < 1.29 is 9.90 Å². The van der Waals surface area contributed by atoms with Gasteiger partial charge in [-0.05, 0) is 49.9 Å². The molecule has 26 heavy (non-hydrogen) atoms. The Labute approximate surface area is 157 Å². The van der Waals surface area contributed by atoms with Crippen LogP contribution in [0.15, 0.2) is 30.5 Å². The molecule has 1 aliphatic carbocycles. The summed E-state index contributed by atoms with van der Waals surface area (Å²) in [7, 11) is 0. The lowest BCUT2D eigenvalue weighted by Crippen LogP contribution is -2.29. The number of nitrogens with zero attached hydrogens (tertiary/aromatic N) is 2. The Hall–Kier alpha value is -2.62. The lowest BCUT2D eigenvalue weighted by molar-refractivity contribution is -0.105. The number of halogens is 1. The quantitative estimate of drug-likeness (QED) is 0.569. The van der Waals surface area contributed by atoms with E-state index < -0.39 is 0 Å². The predicted molar refractivity (Wildman–Crippen MR) is 101 cm³/mol. The average Bonchev–Trinajstić information content (AvgIpc) is 2.65. The van der Waals surface area contributed by atoms with Crippen LogP contribution in [-0.4, -0.2) is 33.6 Å². The lowest BCUT2D eigenvalue weighted by atomic mass is 9.93. The second-order valence-electron chi connectivity index (χ2n) is 6.12. The fraction of sp³-hybridized carbons (Fsp3) is 0.316. The molecule has 2 aromatic rings. The zero-order valence-electron chi connectivity index (χ0n) is 14.1. The van der Waals surface area contributed by atoms with Crippen LogP contribution in [0.3, 0.4) is 0 Å². The van der Waals surface area contributed by atoms with E-state index >= 15 is 0 Å². The zero-order chi connectivity index (χ0) is 18.4. The average molecular weight is 371 g/mol. The van der Waals surface area contributed by atoms with E-state index in [2.05, 4.69) is 32.4 Å². The molecule has 1 amide bonds. The maximum atomic E-state index is 10.7. The molecule has 0 bridgehead atoms. The normalized spacial score (nSPS) is 19.2. The van der Waals surface area contributed by atoms with Crippen molar-refractivity contribution in [2.45, 2.75) is 37.8 Å². The van der Waals surface area contributed by atoms with Gasteiger partial charge in [-0.2, -0.15) is 4.98 Å². The van der Waals surface area contributed by atoms with Gasteiger partial charge in [0.2, 0.25) is 12.4 Å². The van der Waals surface area contributed by atoms with Gasteiger partial charge in [0, 0.05) is 16.6 Å². The minimum atomic E-state index is -0.227. The first-order valence-corrected chi connectivity index (χ1v) is 8.81. The van der Waals surface area contributed by atoms with Crippen LogP contribution in [0.5, 0.6) is 0 Å². The molecular formula is C19H19ClN4O2. The molecule has 1 aromatic carbocycles. The highest BCUT2D eigenvalue weighted by Gasteiger charge is 2.20. The van der Waals surface area contributed by atoms with E-state index in [1.807, 2.05) is 12.1 Å². The maximum absolute atomic E-state index is 10.7. The Morgan fingerprint density at radius 1 is 1.15 bits per heavy atom. The molecule has 1 saturated carbocycles. The number of benzene rings is 1. The van der Waals surface area contributed by atoms with Crippen LogP contribution < -0.4 is 10.6 Å². The van der Waals surface area contributed by atoms with E-state index in [0.717, 1.165) is 31.2 Å². The van der Waals surface area contributed by atoms with E-state index in [-0.39, 0.29) is 18.1 Å². The Bertz CT molecular complexity index is 822. The van der Waals surface area contributed by atoms with Crippen molar-refractivity contribution in [1.82, 2.24) is 9.97 Å². The lowest BCUT2D eigenvalue weighted by Gasteiger charge is -2.27. The number of amides is 1. The molecule has 0 spiro atoms. The molecule has 0 saturated heterocycles. The second kappa shape index (κ2) is 8.65. The Kier molecular flexibility index (Phi) is 6.05. The molecule has 3 rings (SSSR count). The molecule has 0 atom stereocenters. The van der Waals surface area contributed by atoms with Crippen LogP contribution in [0, 0.1) is 11.8 Å². The maximum Gasteiger partial charge on any atom is 0.231 e. The number of carbonyl (C=O) groups is 1. The highest BCUT2D eigenvalue weighted by Crippen LogP contribution is 2.23. The molecule has 0 unspecified atom stereocenters. The molecule has 0 aliphatic heterocycles. The van der Waals surface area contributed by atoms with Gasteiger partial charge in [0.1, 0.15) is 5.82 Å². The van der Waals surface area contributed by atoms with Crippen LogP contribution in [0.25, 0.3) is 0 Å². The number of aromatic nitrogens is 2. The number of rotatable bonds is 4. The third-order valence-corrected chi connectivity index (χ3v) is 4.45. The minimum absolute atomic E-state index is 0.202. The molecule has 7 heteroatoms. The Balaban J connectivity index is 1.83. The molecule has 1 aromatic heterocycles. The monoisotopic (exact) mass is 370 g/mol. The molecule has 1 aliphatic rings. The standard InChI is InChI=1S/C19H19ClN4O2/c20-15-5-2-13(3-6-15)1-4-14-11-21-19(22-12-25)24-18(14)23-16-7-9-17(26)10-8-16/h2-3,5-6,11-12,16-17,26H,7-10H2,(H2,21,22,23,24,25)/t16-,17-. The number of carbonyl (C=O) groups excluding carboxylic acids is 1. The molecular weight excluding hydrogens is 352 g/mol. The highest BCUT2D eigenvalue weighted by molar-refractivity contribution is 6.30. The number of aliphatic hydroxyl groups is 1. The summed E-state index contributed by atoms with van der Waals surface area (Å²) in [5, 5.41) is 16.1. The van der Waals surface area contributed by atoms with Gasteiger partial charge in [-0.25, -0.2) is 4.98 Å². The van der Waals surface area contributed by atoms with E-state index in [4.69, 9.17) is 11.6 Å². The van der Waals surface area contributed by atoms with Crippen LogP contribution >= 0.6 is 11.6 Å². The first-order valence-electron chi connectivity index (χ1n) is 8.43. The van der Waals surface area contributed by atoms with E-state index in [0.29, 0.717) is 22.8 Å². The van der Waals surface area contributed by atoms with E-state index in [9.17, 15) is 9.90 Å². The summed E-state index contributed by atoms with van der Waals surface area (Å²) in [5.74, 6) is 6.93. The van der Waals surface area contributed by atoms with Crippen molar-refractivity contribution >= 4 is 29.8 Å². The third-order valence-electron chi connectivity index (χ3n) is 4.20. The summed E-state index contributed by atoms with van der Waals surface area (Å²) in [6.07, 6.45) is 5.12. The highest BCUT2D eigenvalue weighted by atomic mass is 35.5. The summed E-state index contributed by atoms with van der Waals surface area (Å²) >= 11 is 5.89. The topological polar surface area (TPSA) is 87.1 Å². The van der Waals surface area contributed by atoms with Gasteiger partial charge in [-0.15, -0.1) is 0 Å². The largest absolute Gasteiger partial charge is 0.393 e. The van der Waals surface area contributed by atoms with Crippen molar-refractivity contribution in [1.29, 1.82) is 0 Å². The number of hydrogen-bond donors (Lipinski definition) is 3. The van der Waals surface area contributed by atoms with Crippen molar-refractivity contribution in [2.24, 2.45) is 0 Å². The smallest absolute Gasteiger partial charge is 0.231 e. The van der Waals surface area contributed by atoms with E-state index in [1.165, 1.54) is 0 Å². The van der Waals surface area contributed by atoms with Crippen LogP contribution in [0.1, 0.15) is 36.8 Å². The van der Waals surface area contributed by atoms with Gasteiger partial charge in [0.05, 0.1) is 17.9 Å². The number of aliphatic hydroxyl groups excluding tert-OH is 1. The molecule has 0 radical (unpaired) electrons. The van der Waals surface area contributed by atoms with E-state index in [1.54, 1.807) is 18.3 Å². The SMILES string of the molecule is O=CNc1ncc(C#Cc2ccc(Cl)cc2)c(N[C@H]2CC[C@H](O)CC2)n1. The molecule has 6 nitrogen and oxygen atoms in total. The zero-order valence-corrected chi connectivity index (χ0v) is 14.8. The minimum Gasteiger partial charge on any atom is -0.393 e. The van der Waals surface area contributed by atoms with Gasteiger partial charge < -0.3 is 10.4 Å². The van der Waals surface area contributed by atoms with Gasteiger partial charge >= 0.3 is 0 Å². The van der Waals surface area contributed by atoms with Crippen molar-refractivity contribution in [2.75, 3.05) is 10.6 Å². The van der Waals surface area contributed by atoms with Crippen molar-refractivity contribution in [3.63, 3.8) is 0 Å². The Morgan fingerprint density at radius 3 is 2.58 bits per heavy atom. The summed E-state index contributed by atoms with van der Waals surface area (Å²) in [6, 6.07) is 7.45. The van der Waals surface area contributed by atoms with Crippen LogP contribution in [0.4, 0.5) is 11.8 Å². The van der Waals surface area contributed by atoms with Crippen LogP contribution in [0.2, 0.25) is 5.02 Å².